The number of phosphoric acid groups is 1. The standard InChI is InChI=1S/C43H86NO8P/c1-5-7-9-11-13-15-17-19-21-23-25-27-29-31-33-35-42(45)50-40-41(39-44(3,4)37-38-51-53(47,48)49)52-43(46)36-34-32-30-28-26-24-22-20-18-16-14-12-10-8-6-2/h41H,5-40H2,1-4H3,(H-,47,48,49)/p+1. The summed E-state index contributed by atoms with van der Waals surface area (Å²) in [5.74, 6) is -0.576. The molecule has 0 aromatic carbocycles. The molecular formula is C43H87NO8P+. The number of hydrogen-bond donors (Lipinski definition) is 2. The first-order valence-corrected chi connectivity index (χ1v) is 23.9. The highest BCUT2D eigenvalue weighted by Crippen LogP contribution is 2.35. The number of nitrogens with zero attached hydrogens (tertiary/aromatic N) is 1. The number of carbonyl (C=O) groups excluding carboxylic acids is 2. The molecule has 0 aliphatic rings. The van der Waals surface area contributed by atoms with E-state index in [9.17, 15) is 14.2 Å². The molecule has 1 atom stereocenters. The molecule has 53 heavy (non-hydrogen) atoms. The summed E-state index contributed by atoms with van der Waals surface area (Å²) in [4.78, 5) is 43.5. The molecule has 9 nitrogen and oxygen atoms in total. The molecule has 0 rings (SSSR count). The number of phosphoric ester groups is 1. The van der Waals surface area contributed by atoms with E-state index >= 15 is 0 Å². The molecule has 0 fully saturated rings. The fraction of sp³-hybridized carbons (Fsp3) is 0.953. The Hall–Kier alpha value is -0.990. The number of ether oxygens (including phenoxy) is 2. The summed E-state index contributed by atoms with van der Waals surface area (Å²) < 4.78 is 27.4. The highest BCUT2D eigenvalue weighted by molar-refractivity contribution is 7.46. The highest BCUT2D eigenvalue weighted by atomic mass is 31.2. The number of carbonyl (C=O) groups is 2. The minimum absolute atomic E-state index is 0.0246. The van der Waals surface area contributed by atoms with Crippen LogP contribution in [0.5, 0.6) is 0 Å². The molecule has 0 radical (unpaired) electrons. The van der Waals surface area contributed by atoms with Crippen LogP contribution in [0.4, 0.5) is 0 Å². The molecule has 0 aromatic rings. The number of rotatable bonds is 41. The molecule has 0 aliphatic carbocycles. The normalized spacial score (nSPS) is 12.6. The van der Waals surface area contributed by atoms with Crippen molar-refractivity contribution in [3.05, 3.63) is 0 Å². The molecule has 0 aliphatic heterocycles. The maximum absolute atomic E-state index is 12.8. The summed E-state index contributed by atoms with van der Waals surface area (Å²) in [6, 6.07) is 0. The molecule has 2 N–H and O–H groups in total. The molecule has 316 valence electrons. The number of hydrogen-bond acceptors (Lipinski definition) is 6. The van der Waals surface area contributed by atoms with E-state index < -0.39 is 13.9 Å². The van der Waals surface area contributed by atoms with E-state index in [1.165, 1.54) is 154 Å². The van der Waals surface area contributed by atoms with E-state index in [2.05, 4.69) is 18.4 Å². The van der Waals surface area contributed by atoms with Gasteiger partial charge in [-0.2, -0.15) is 0 Å². The van der Waals surface area contributed by atoms with E-state index in [-0.39, 0.29) is 29.6 Å². The predicted molar refractivity (Wildman–Crippen MR) is 220 cm³/mol. The third-order valence-electron chi connectivity index (χ3n) is 10.4. The maximum Gasteiger partial charge on any atom is 0.469 e. The van der Waals surface area contributed by atoms with Crippen molar-refractivity contribution in [3.63, 3.8) is 0 Å². The van der Waals surface area contributed by atoms with Crippen LogP contribution in [0, 0.1) is 0 Å². The van der Waals surface area contributed by atoms with Gasteiger partial charge in [0, 0.05) is 12.8 Å². The number of quaternary nitrogens is 1. The molecule has 0 aromatic heterocycles. The zero-order valence-corrected chi connectivity index (χ0v) is 36.2. The predicted octanol–water partition coefficient (Wildman–Crippen LogP) is 12.2. The van der Waals surface area contributed by atoms with Gasteiger partial charge in [-0.15, -0.1) is 0 Å². The molecule has 0 saturated carbocycles. The second-order valence-corrected chi connectivity index (χ2v) is 17.6. The first-order chi connectivity index (χ1) is 25.5. The van der Waals surface area contributed by atoms with Crippen LogP contribution >= 0.6 is 7.82 Å². The Morgan fingerprint density at radius 2 is 0.849 bits per heavy atom. The van der Waals surface area contributed by atoms with Gasteiger partial charge in [0.1, 0.15) is 26.3 Å². The Bertz CT molecular complexity index is 880. The van der Waals surface area contributed by atoms with Gasteiger partial charge in [0.05, 0.1) is 14.1 Å². The van der Waals surface area contributed by atoms with Gasteiger partial charge in [-0.3, -0.25) is 14.1 Å². The summed E-state index contributed by atoms with van der Waals surface area (Å²) in [5, 5.41) is 0. The minimum atomic E-state index is -4.57. The van der Waals surface area contributed by atoms with Gasteiger partial charge >= 0.3 is 19.8 Å². The molecule has 0 heterocycles. The van der Waals surface area contributed by atoms with Gasteiger partial charge < -0.3 is 23.7 Å². The number of likely N-dealkylation sites (N-methyl/N-ethyl adjacent to an activating group) is 1. The van der Waals surface area contributed by atoms with Crippen LogP contribution in [0.3, 0.4) is 0 Å². The van der Waals surface area contributed by atoms with Crippen LogP contribution in [0.2, 0.25) is 0 Å². The van der Waals surface area contributed by atoms with Crippen LogP contribution in [0.25, 0.3) is 0 Å². The van der Waals surface area contributed by atoms with Crippen LogP contribution in [-0.4, -0.2) is 72.7 Å². The van der Waals surface area contributed by atoms with Crippen LogP contribution in [-0.2, 0) is 28.2 Å². The second-order valence-electron chi connectivity index (χ2n) is 16.4. The molecule has 1 unspecified atom stereocenters. The van der Waals surface area contributed by atoms with Crippen molar-refractivity contribution in [1.82, 2.24) is 0 Å². The van der Waals surface area contributed by atoms with E-state index in [4.69, 9.17) is 19.3 Å². The van der Waals surface area contributed by atoms with Crippen molar-refractivity contribution < 1.29 is 42.4 Å². The second kappa shape index (κ2) is 36.6. The lowest BCUT2D eigenvalue weighted by Crippen LogP contribution is -2.49. The summed E-state index contributed by atoms with van der Waals surface area (Å²) in [6.45, 7) is 4.99. The monoisotopic (exact) mass is 777 g/mol. The van der Waals surface area contributed by atoms with E-state index in [1.54, 1.807) is 0 Å². The fourth-order valence-corrected chi connectivity index (χ4v) is 7.28. The van der Waals surface area contributed by atoms with Crippen LogP contribution < -0.4 is 0 Å². The van der Waals surface area contributed by atoms with Crippen molar-refractivity contribution in [1.29, 1.82) is 0 Å². The quantitative estimate of drug-likeness (QED) is 0.0273. The Morgan fingerprint density at radius 1 is 0.528 bits per heavy atom. The number of esters is 2. The average Bonchev–Trinajstić information content (AvgIpc) is 3.09. The molecule has 0 spiro atoms. The van der Waals surface area contributed by atoms with Crippen molar-refractivity contribution in [2.75, 3.05) is 40.4 Å². The van der Waals surface area contributed by atoms with Gasteiger partial charge in [0.25, 0.3) is 0 Å². The van der Waals surface area contributed by atoms with Crippen molar-refractivity contribution >= 4 is 19.8 Å². The van der Waals surface area contributed by atoms with Gasteiger partial charge in [-0.05, 0) is 12.8 Å². The van der Waals surface area contributed by atoms with Gasteiger partial charge in [0.15, 0.2) is 6.10 Å². The van der Waals surface area contributed by atoms with E-state index in [1.807, 2.05) is 14.1 Å². The minimum Gasteiger partial charge on any atom is -0.461 e. The number of unbranched alkanes of at least 4 members (excludes halogenated alkanes) is 28. The zero-order chi connectivity index (χ0) is 39.3. The zero-order valence-electron chi connectivity index (χ0n) is 35.3. The molecule has 0 amide bonds. The van der Waals surface area contributed by atoms with Crippen molar-refractivity contribution in [3.8, 4) is 0 Å². The first kappa shape index (κ1) is 52.0. The van der Waals surface area contributed by atoms with Gasteiger partial charge in [-0.25, -0.2) is 4.57 Å². The van der Waals surface area contributed by atoms with Gasteiger partial charge in [-0.1, -0.05) is 194 Å². The van der Waals surface area contributed by atoms with E-state index in [0.29, 0.717) is 25.9 Å². The SMILES string of the molecule is CCCCCCCCCCCCCCCCCC(=O)OCC(C[N+](C)(C)CCOP(=O)(O)O)OC(=O)CCCCCCCCCCCCCCCCC. The van der Waals surface area contributed by atoms with Crippen LogP contribution in [0.1, 0.15) is 219 Å². The average molecular weight is 777 g/mol. The lowest BCUT2D eigenvalue weighted by atomic mass is 10.0. The Morgan fingerprint density at radius 3 is 1.19 bits per heavy atom. The highest BCUT2D eigenvalue weighted by Gasteiger charge is 2.28. The largest absolute Gasteiger partial charge is 0.469 e. The third-order valence-corrected chi connectivity index (χ3v) is 10.9. The van der Waals surface area contributed by atoms with Gasteiger partial charge in [0.2, 0.25) is 0 Å². The lowest BCUT2D eigenvalue weighted by molar-refractivity contribution is -0.893. The Labute approximate surface area is 327 Å². The fourth-order valence-electron chi connectivity index (χ4n) is 6.96. The van der Waals surface area contributed by atoms with E-state index in [0.717, 1.165) is 38.5 Å². The topological polar surface area (TPSA) is 119 Å². The molecule has 0 bridgehead atoms. The van der Waals surface area contributed by atoms with Crippen molar-refractivity contribution in [2.24, 2.45) is 0 Å². The molecule has 10 heteroatoms. The summed E-state index contributed by atoms with van der Waals surface area (Å²) in [5.41, 5.74) is 0. The first-order valence-electron chi connectivity index (χ1n) is 22.4. The lowest BCUT2D eigenvalue weighted by Gasteiger charge is -2.33. The molecule has 0 saturated heterocycles. The summed E-state index contributed by atoms with van der Waals surface area (Å²) >= 11 is 0. The summed E-state index contributed by atoms with van der Waals surface area (Å²) in [7, 11) is -0.824. The molecular weight excluding hydrogens is 689 g/mol. The smallest absolute Gasteiger partial charge is 0.461 e. The summed E-state index contributed by atoms with van der Waals surface area (Å²) in [6.07, 6.45) is 38.0. The van der Waals surface area contributed by atoms with Crippen LogP contribution in [0.15, 0.2) is 0 Å². The Kier molecular flexibility index (Phi) is 36.0. The van der Waals surface area contributed by atoms with Crippen molar-refractivity contribution in [2.45, 2.75) is 225 Å². The maximum atomic E-state index is 12.8. The third kappa shape index (κ3) is 40.5. The Balaban J connectivity index is 4.28.